The van der Waals surface area contributed by atoms with E-state index in [2.05, 4.69) is 136 Å². The minimum Gasteiger partial charge on any atom is -0.462 e. The van der Waals surface area contributed by atoms with Gasteiger partial charge in [-0.15, -0.1) is 0 Å². The first-order valence-corrected chi connectivity index (χ1v) is 29.0. The van der Waals surface area contributed by atoms with Crippen LogP contribution < -0.4 is 0 Å². The predicted molar refractivity (Wildman–Crippen MR) is 306 cm³/mol. The van der Waals surface area contributed by atoms with E-state index in [0.717, 1.165) is 109 Å². The fraction of sp³-hybridized carbons (Fsp3) is 0.646. The Bertz CT molecular complexity index is 1500. The lowest BCUT2D eigenvalue weighted by atomic mass is 10.0. The summed E-state index contributed by atoms with van der Waals surface area (Å²) in [4.78, 5) is 38.2. The van der Waals surface area contributed by atoms with E-state index in [9.17, 15) is 14.4 Å². The summed E-state index contributed by atoms with van der Waals surface area (Å²) in [6.07, 6.45) is 80.6. The number of hydrogen-bond acceptors (Lipinski definition) is 6. The van der Waals surface area contributed by atoms with E-state index in [-0.39, 0.29) is 37.5 Å². The topological polar surface area (TPSA) is 78.9 Å². The minimum absolute atomic E-state index is 0.119. The SMILES string of the molecule is CC/C=C\C/C=C\C/C=C\C/C=C\C/C=C\CCCCCC(=O)OCC(COC(=O)CC/C=C\C/C=C\C/C=C\C/C=C\C/C=C\CC)OC(=O)CCCCCCCCCCCCCCCCCCCC. The first kappa shape index (κ1) is 66.8. The minimum atomic E-state index is -0.824. The Kier molecular flexibility index (Phi) is 54.9. The van der Waals surface area contributed by atoms with Gasteiger partial charge in [-0.05, 0) is 96.3 Å². The molecule has 0 amide bonds. The molecule has 0 aromatic heterocycles. The van der Waals surface area contributed by atoms with Crippen molar-refractivity contribution in [2.45, 2.75) is 258 Å². The molecule has 0 rings (SSSR count). The highest BCUT2D eigenvalue weighted by molar-refractivity contribution is 5.71. The van der Waals surface area contributed by atoms with Gasteiger partial charge in [0, 0.05) is 19.3 Å². The molecule has 0 bridgehead atoms. The Hall–Kier alpha value is -4.19. The van der Waals surface area contributed by atoms with Gasteiger partial charge in [-0.25, -0.2) is 0 Å². The fourth-order valence-electron chi connectivity index (χ4n) is 7.69. The van der Waals surface area contributed by atoms with Crippen molar-refractivity contribution in [3.63, 3.8) is 0 Å². The van der Waals surface area contributed by atoms with Gasteiger partial charge in [0.25, 0.3) is 0 Å². The number of carbonyl (C=O) groups is 3. The van der Waals surface area contributed by atoms with Gasteiger partial charge in [-0.1, -0.05) is 258 Å². The lowest BCUT2D eigenvalue weighted by Crippen LogP contribution is -2.30. The molecule has 0 aliphatic heterocycles. The number of unbranched alkanes of at least 4 members (excludes halogenated alkanes) is 20. The third-order valence-electron chi connectivity index (χ3n) is 12.0. The smallest absolute Gasteiger partial charge is 0.306 e. The normalized spacial score (nSPS) is 13.0. The van der Waals surface area contributed by atoms with E-state index in [4.69, 9.17) is 14.2 Å². The maximum absolute atomic E-state index is 12.9. The van der Waals surface area contributed by atoms with Gasteiger partial charge in [0.05, 0.1) is 0 Å². The van der Waals surface area contributed by atoms with Crippen LogP contribution >= 0.6 is 0 Å². The molecule has 402 valence electrons. The largest absolute Gasteiger partial charge is 0.462 e. The Morgan fingerprint density at radius 3 is 0.944 bits per heavy atom. The molecule has 0 saturated carbocycles. The molecule has 0 aliphatic rings. The summed E-state index contributed by atoms with van der Waals surface area (Å²) < 4.78 is 16.8. The zero-order chi connectivity index (χ0) is 51.4. The van der Waals surface area contributed by atoms with Crippen molar-refractivity contribution in [1.29, 1.82) is 0 Å². The standard InChI is InChI=1S/C65H106O6/c1-4-7-10-13-16-19-22-25-28-31-33-35-37-40-43-46-49-52-55-58-64(67)70-61-62(60-69-63(66)57-54-51-48-45-42-39-36-30-27-24-21-18-15-12-9-6-3)71-65(68)59-56-53-50-47-44-41-38-34-32-29-26-23-20-17-14-11-8-5-2/h7,9-10,12,16,18-19,21,25,27-28,30,33,35,39-40,42-43,48,51,62H,4-6,8,11,13-15,17,20,22-24,26,29,31-32,34,36-38,41,44-47,49-50,52-61H2,1-3H3/b10-7-,12-9-,19-16-,21-18-,28-25-,30-27-,35-33-,42-39-,43-40-,51-48-. The van der Waals surface area contributed by atoms with Crippen molar-refractivity contribution < 1.29 is 28.6 Å². The molecular weight excluding hydrogens is 877 g/mol. The summed E-state index contributed by atoms with van der Waals surface area (Å²) in [6, 6.07) is 0. The molecule has 1 unspecified atom stereocenters. The second-order valence-electron chi connectivity index (χ2n) is 18.8. The van der Waals surface area contributed by atoms with E-state index in [1.807, 2.05) is 6.08 Å². The van der Waals surface area contributed by atoms with Crippen LogP contribution in [0.5, 0.6) is 0 Å². The monoisotopic (exact) mass is 983 g/mol. The fourth-order valence-corrected chi connectivity index (χ4v) is 7.69. The molecule has 1 atom stereocenters. The van der Waals surface area contributed by atoms with Crippen LogP contribution in [0.2, 0.25) is 0 Å². The highest BCUT2D eigenvalue weighted by atomic mass is 16.6. The molecule has 0 aliphatic carbocycles. The molecule has 0 heterocycles. The van der Waals surface area contributed by atoms with Crippen LogP contribution in [0.4, 0.5) is 0 Å². The van der Waals surface area contributed by atoms with E-state index >= 15 is 0 Å². The molecular formula is C65H106O6. The molecule has 0 aromatic carbocycles. The molecule has 0 N–H and O–H groups in total. The van der Waals surface area contributed by atoms with Crippen LogP contribution in [0.25, 0.3) is 0 Å². The van der Waals surface area contributed by atoms with Crippen molar-refractivity contribution >= 4 is 17.9 Å². The lowest BCUT2D eigenvalue weighted by molar-refractivity contribution is -0.166. The number of ether oxygens (including phenoxy) is 3. The van der Waals surface area contributed by atoms with Crippen molar-refractivity contribution in [2.24, 2.45) is 0 Å². The molecule has 0 saturated heterocycles. The molecule has 6 nitrogen and oxygen atoms in total. The van der Waals surface area contributed by atoms with Gasteiger partial charge in [-0.3, -0.25) is 14.4 Å². The number of esters is 3. The molecule has 6 heteroatoms. The van der Waals surface area contributed by atoms with Crippen LogP contribution in [0.1, 0.15) is 252 Å². The van der Waals surface area contributed by atoms with Gasteiger partial charge in [-0.2, -0.15) is 0 Å². The Morgan fingerprint density at radius 1 is 0.296 bits per heavy atom. The summed E-state index contributed by atoms with van der Waals surface area (Å²) in [6.45, 7) is 6.33. The first-order valence-electron chi connectivity index (χ1n) is 29.0. The first-order chi connectivity index (χ1) is 35.0. The van der Waals surface area contributed by atoms with Crippen LogP contribution in [0, 0.1) is 0 Å². The van der Waals surface area contributed by atoms with Crippen LogP contribution in [-0.4, -0.2) is 37.2 Å². The second-order valence-corrected chi connectivity index (χ2v) is 18.8. The van der Waals surface area contributed by atoms with E-state index in [1.165, 1.54) is 96.3 Å². The summed E-state index contributed by atoms with van der Waals surface area (Å²) >= 11 is 0. The third kappa shape index (κ3) is 56.6. The van der Waals surface area contributed by atoms with Crippen molar-refractivity contribution in [3.8, 4) is 0 Å². The number of carbonyl (C=O) groups excluding carboxylic acids is 3. The average molecular weight is 984 g/mol. The second kappa shape index (κ2) is 58.4. The number of hydrogen-bond donors (Lipinski definition) is 0. The average Bonchev–Trinajstić information content (AvgIpc) is 3.37. The van der Waals surface area contributed by atoms with Crippen molar-refractivity contribution in [2.75, 3.05) is 13.2 Å². The predicted octanol–water partition coefficient (Wildman–Crippen LogP) is 19.6. The summed E-state index contributed by atoms with van der Waals surface area (Å²) in [5.74, 6) is -1.03. The number of rotatable bonds is 51. The van der Waals surface area contributed by atoms with E-state index in [1.54, 1.807) is 0 Å². The molecule has 0 spiro atoms. The maximum atomic E-state index is 12.9. The van der Waals surface area contributed by atoms with Gasteiger partial charge < -0.3 is 14.2 Å². The van der Waals surface area contributed by atoms with Crippen LogP contribution in [0.15, 0.2) is 122 Å². The molecule has 0 aromatic rings. The third-order valence-corrected chi connectivity index (χ3v) is 12.0. The van der Waals surface area contributed by atoms with Crippen molar-refractivity contribution in [1.82, 2.24) is 0 Å². The van der Waals surface area contributed by atoms with Gasteiger partial charge >= 0.3 is 17.9 Å². The Balaban J connectivity index is 4.53. The van der Waals surface area contributed by atoms with Gasteiger partial charge in [0.1, 0.15) is 13.2 Å². The van der Waals surface area contributed by atoms with E-state index < -0.39 is 6.10 Å². The van der Waals surface area contributed by atoms with Crippen LogP contribution in [0.3, 0.4) is 0 Å². The summed E-state index contributed by atoms with van der Waals surface area (Å²) in [7, 11) is 0. The molecule has 0 radical (unpaired) electrons. The maximum Gasteiger partial charge on any atom is 0.306 e. The summed E-state index contributed by atoms with van der Waals surface area (Å²) in [5.41, 5.74) is 0. The highest BCUT2D eigenvalue weighted by Gasteiger charge is 2.19. The molecule has 0 fully saturated rings. The quantitative estimate of drug-likeness (QED) is 0.0261. The Labute approximate surface area is 437 Å². The highest BCUT2D eigenvalue weighted by Crippen LogP contribution is 2.15. The van der Waals surface area contributed by atoms with Crippen LogP contribution in [-0.2, 0) is 28.6 Å². The Morgan fingerprint density at radius 2 is 0.577 bits per heavy atom. The van der Waals surface area contributed by atoms with Gasteiger partial charge in [0.15, 0.2) is 6.10 Å². The van der Waals surface area contributed by atoms with Crippen molar-refractivity contribution in [3.05, 3.63) is 122 Å². The van der Waals surface area contributed by atoms with E-state index in [0.29, 0.717) is 19.3 Å². The zero-order valence-electron chi connectivity index (χ0n) is 45.9. The number of allylic oxidation sites excluding steroid dienone is 20. The zero-order valence-corrected chi connectivity index (χ0v) is 45.9. The molecule has 71 heavy (non-hydrogen) atoms. The van der Waals surface area contributed by atoms with Gasteiger partial charge in [0.2, 0.25) is 0 Å². The lowest BCUT2D eigenvalue weighted by Gasteiger charge is -2.18. The summed E-state index contributed by atoms with van der Waals surface area (Å²) in [5, 5.41) is 0.